The molecule has 0 spiro atoms. The predicted molar refractivity (Wildman–Crippen MR) is 65.2 cm³/mol. The van der Waals surface area contributed by atoms with E-state index in [-0.39, 0.29) is 17.7 Å². The van der Waals surface area contributed by atoms with E-state index in [1.165, 1.54) is 0 Å². The van der Waals surface area contributed by atoms with Crippen LogP contribution in [0.2, 0.25) is 0 Å². The number of fused-ring (bicyclic) bond motifs is 2. The molecule has 2 aliphatic rings. The average Bonchev–Trinajstić information content (AvgIpc) is 3.03. The fourth-order valence-corrected chi connectivity index (χ4v) is 3.15. The smallest absolute Gasteiger partial charge is 0.307 e. The molecule has 6 heteroatoms. The molecule has 19 heavy (non-hydrogen) atoms. The van der Waals surface area contributed by atoms with Gasteiger partial charge in [-0.05, 0) is 25.2 Å². The third-order valence-corrected chi connectivity index (χ3v) is 3.93. The summed E-state index contributed by atoms with van der Waals surface area (Å²) < 4.78 is 4.87. The Kier molecular flexibility index (Phi) is 2.66. The van der Waals surface area contributed by atoms with Gasteiger partial charge < -0.3 is 14.9 Å². The Morgan fingerprint density at radius 2 is 2.05 bits per heavy atom. The van der Waals surface area contributed by atoms with E-state index in [9.17, 15) is 14.7 Å². The number of carbonyl (C=O) groups is 2. The van der Waals surface area contributed by atoms with Crippen LogP contribution < -0.4 is 5.32 Å². The number of aryl methyl sites for hydroxylation is 1. The molecular weight excluding hydrogens is 248 g/mol. The summed E-state index contributed by atoms with van der Waals surface area (Å²) in [4.78, 5) is 23.6. The Morgan fingerprint density at radius 3 is 2.63 bits per heavy atom. The summed E-state index contributed by atoms with van der Waals surface area (Å²) >= 11 is 0. The van der Waals surface area contributed by atoms with E-state index in [0.29, 0.717) is 11.6 Å². The lowest BCUT2D eigenvalue weighted by molar-refractivity contribution is -0.146. The summed E-state index contributed by atoms with van der Waals surface area (Å²) in [5.41, 5.74) is 0. The Hall–Kier alpha value is -2.11. The molecule has 2 bridgehead atoms. The van der Waals surface area contributed by atoms with Crippen molar-refractivity contribution in [3.63, 3.8) is 0 Å². The number of aromatic nitrogens is 1. The van der Waals surface area contributed by atoms with Crippen LogP contribution in [0.4, 0.5) is 5.82 Å². The molecule has 0 aromatic carbocycles. The maximum Gasteiger partial charge on any atom is 0.307 e. The quantitative estimate of drug-likeness (QED) is 0.804. The molecule has 2 aliphatic carbocycles. The molecule has 1 aromatic heterocycles. The minimum atomic E-state index is -0.909. The standard InChI is InChI=1S/C13H14N2O4/c1-6-4-9(15-19-6)14-12(16)10-7-2-3-8(5-7)11(10)13(17)18/h2-4,7-8,10-11H,5H2,1H3,(H,17,18)(H,14,15,16)/t7?,8?,10-,11+/m0/s1. The van der Waals surface area contributed by atoms with Gasteiger partial charge in [-0.15, -0.1) is 0 Å². The highest BCUT2D eigenvalue weighted by atomic mass is 16.5. The lowest BCUT2D eigenvalue weighted by Crippen LogP contribution is -2.36. The van der Waals surface area contributed by atoms with Gasteiger partial charge in [0.15, 0.2) is 5.82 Å². The third kappa shape index (κ3) is 1.93. The molecule has 6 nitrogen and oxygen atoms in total. The van der Waals surface area contributed by atoms with Crippen molar-refractivity contribution in [3.8, 4) is 0 Å². The van der Waals surface area contributed by atoms with Crippen LogP contribution in [-0.4, -0.2) is 22.1 Å². The Labute approximate surface area is 109 Å². The van der Waals surface area contributed by atoms with Crippen LogP contribution in [0.3, 0.4) is 0 Å². The summed E-state index contributed by atoms with van der Waals surface area (Å²) in [7, 11) is 0. The lowest BCUT2D eigenvalue weighted by atomic mass is 9.82. The number of aliphatic carboxylic acids is 1. The second kappa shape index (κ2) is 4.22. The van der Waals surface area contributed by atoms with Gasteiger partial charge in [-0.25, -0.2) is 0 Å². The van der Waals surface area contributed by atoms with Crippen molar-refractivity contribution in [3.05, 3.63) is 24.0 Å². The van der Waals surface area contributed by atoms with Crippen molar-refractivity contribution in [2.24, 2.45) is 23.7 Å². The van der Waals surface area contributed by atoms with Gasteiger partial charge in [-0.1, -0.05) is 17.3 Å². The number of carboxylic acids is 1. The van der Waals surface area contributed by atoms with Gasteiger partial charge in [0.2, 0.25) is 5.91 Å². The Morgan fingerprint density at radius 1 is 1.37 bits per heavy atom. The molecule has 0 aliphatic heterocycles. The Balaban J connectivity index is 1.79. The summed E-state index contributed by atoms with van der Waals surface area (Å²) in [6, 6.07) is 1.61. The van der Waals surface area contributed by atoms with E-state index in [0.717, 1.165) is 6.42 Å². The molecule has 0 radical (unpaired) electrons. The summed E-state index contributed by atoms with van der Waals surface area (Å²) in [5.74, 6) is -1.45. The van der Waals surface area contributed by atoms with Gasteiger partial charge in [0, 0.05) is 6.07 Å². The molecule has 0 saturated heterocycles. The number of amides is 1. The fraction of sp³-hybridized carbons (Fsp3) is 0.462. The molecule has 3 rings (SSSR count). The SMILES string of the molecule is Cc1cc(NC(=O)[C@H]2C3C=CC(C3)[C@H]2C(=O)O)no1. The van der Waals surface area contributed by atoms with Crippen LogP contribution in [-0.2, 0) is 9.59 Å². The number of allylic oxidation sites excluding steroid dienone is 2. The summed E-state index contributed by atoms with van der Waals surface area (Å²) in [6.45, 7) is 1.73. The first-order chi connectivity index (χ1) is 9.06. The van der Waals surface area contributed by atoms with Crippen molar-refractivity contribution >= 4 is 17.7 Å². The highest BCUT2D eigenvalue weighted by molar-refractivity contribution is 5.95. The second-order valence-electron chi connectivity index (χ2n) is 5.15. The monoisotopic (exact) mass is 262 g/mol. The first kappa shape index (κ1) is 12.0. The van der Waals surface area contributed by atoms with Crippen LogP contribution in [0.25, 0.3) is 0 Å². The molecule has 2 N–H and O–H groups in total. The van der Waals surface area contributed by atoms with Crippen molar-refractivity contribution < 1.29 is 19.2 Å². The lowest BCUT2D eigenvalue weighted by Gasteiger charge is -2.23. The van der Waals surface area contributed by atoms with E-state index < -0.39 is 17.8 Å². The number of rotatable bonds is 3. The van der Waals surface area contributed by atoms with Crippen LogP contribution >= 0.6 is 0 Å². The number of hydrogen-bond donors (Lipinski definition) is 2. The number of hydrogen-bond acceptors (Lipinski definition) is 4. The van der Waals surface area contributed by atoms with Gasteiger partial charge in [0.1, 0.15) is 5.76 Å². The molecule has 2 unspecified atom stereocenters. The van der Waals surface area contributed by atoms with Crippen LogP contribution in [0, 0.1) is 30.6 Å². The molecule has 100 valence electrons. The van der Waals surface area contributed by atoms with E-state index in [1.54, 1.807) is 13.0 Å². The van der Waals surface area contributed by atoms with Gasteiger partial charge in [0.05, 0.1) is 11.8 Å². The summed E-state index contributed by atoms with van der Waals surface area (Å²) in [5, 5.41) is 15.6. The molecule has 4 atom stereocenters. The van der Waals surface area contributed by atoms with Gasteiger partial charge in [-0.2, -0.15) is 0 Å². The maximum atomic E-state index is 12.2. The number of carbonyl (C=O) groups excluding carboxylic acids is 1. The minimum absolute atomic E-state index is 0.0131. The van der Waals surface area contributed by atoms with Crippen LogP contribution in [0.1, 0.15) is 12.2 Å². The zero-order valence-corrected chi connectivity index (χ0v) is 10.4. The van der Waals surface area contributed by atoms with E-state index in [4.69, 9.17) is 4.52 Å². The van der Waals surface area contributed by atoms with E-state index in [1.807, 2.05) is 12.2 Å². The molecular formula is C13H14N2O4. The number of carboxylic acid groups (broad SMARTS) is 1. The molecule has 1 saturated carbocycles. The van der Waals surface area contributed by atoms with Gasteiger partial charge >= 0.3 is 5.97 Å². The van der Waals surface area contributed by atoms with Crippen molar-refractivity contribution in [1.82, 2.24) is 5.16 Å². The first-order valence-corrected chi connectivity index (χ1v) is 6.21. The van der Waals surface area contributed by atoms with Crippen molar-refractivity contribution in [2.45, 2.75) is 13.3 Å². The average molecular weight is 262 g/mol. The maximum absolute atomic E-state index is 12.2. The van der Waals surface area contributed by atoms with Crippen LogP contribution in [0.5, 0.6) is 0 Å². The highest BCUT2D eigenvalue weighted by Gasteiger charge is 2.51. The van der Waals surface area contributed by atoms with Crippen LogP contribution in [0.15, 0.2) is 22.7 Å². The predicted octanol–water partition coefficient (Wildman–Crippen LogP) is 1.44. The van der Waals surface area contributed by atoms with E-state index in [2.05, 4.69) is 10.5 Å². The zero-order valence-electron chi connectivity index (χ0n) is 10.4. The largest absolute Gasteiger partial charge is 0.481 e. The Bertz CT molecular complexity index is 563. The number of nitrogens with zero attached hydrogens (tertiary/aromatic N) is 1. The summed E-state index contributed by atoms with van der Waals surface area (Å²) in [6.07, 6.45) is 4.60. The van der Waals surface area contributed by atoms with Crippen molar-refractivity contribution in [1.29, 1.82) is 0 Å². The fourth-order valence-electron chi connectivity index (χ4n) is 3.15. The normalized spacial score (nSPS) is 31.6. The molecule has 1 aromatic rings. The molecule has 1 heterocycles. The topological polar surface area (TPSA) is 92.4 Å². The molecule has 1 fully saturated rings. The zero-order chi connectivity index (χ0) is 13.6. The number of nitrogens with one attached hydrogen (secondary N) is 1. The minimum Gasteiger partial charge on any atom is -0.481 e. The number of anilines is 1. The molecule has 1 amide bonds. The first-order valence-electron chi connectivity index (χ1n) is 6.21. The third-order valence-electron chi connectivity index (χ3n) is 3.93. The van der Waals surface area contributed by atoms with Crippen molar-refractivity contribution in [2.75, 3.05) is 5.32 Å². The van der Waals surface area contributed by atoms with Gasteiger partial charge in [0.25, 0.3) is 0 Å². The highest BCUT2D eigenvalue weighted by Crippen LogP contribution is 2.48. The van der Waals surface area contributed by atoms with Gasteiger partial charge in [-0.3, -0.25) is 9.59 Å². The van der Waals surface area contributed by atoms with E-state index >= 15 is 0 Å². The second-order valence-corrected chi connectivity index (χ2v) is 5.15.